The van der Waals surface area contributed by atoms with Gasteiger partial charge in [0.1, 0.15) is 5.82 Å². The largest absolute Gasteiger partial charge is 0.373 e. The summed E-state index contributed by atoms with van der Waals surface area (Å²) in [4.78, 5) is 26.6. The predicted octanol–water partition coefficient (Wildman–Crippen LogP) is 2.55. The number of carbonyl (C=O) groups is 2. The Labute approximate surface area is 172 Å². The molecular formula is C20H19ClFNO5S. The molecule has 1 atom stereocenters. The van der Waals surface area contributed by atoms with Crippen LogP contribution in [0.5, 0.6) is 0 Å². The molecule has 1 aliphatic heterocycles. The number of ketones is 1. The minimum atomic E-state index is -3.47. The Morgan fingerprint density at radius 2 is 2.00 bits per heavy atom. The third-order valence-corrected chi connectivity index (χ3v) is 6.21. The summed E-state index contributed by atoms with van der Waals surface area (Å²) in [5.74, 6) is -2.01. The Morgan fingerprint density at radius 1 is 1.28 bits per heavy atom. The number of hydrogen-bond donors (Lipinski definition) is 1. The summed E-state index contributed by atoms with van der Waals surface area (Å²) in [6, 6.07) is 9.66. The molecule has 1 aliphatic rings. The Bertz CT molecular complexity index is 1070. The van der Waals surface area contributed by atoms with Gasteiger partial charge in [0.25, 0.3) is 5.91 Å². The molecule has 1 amide bonds. The van der Waals surface area contributed by atoms with E-state index < -0.39 is 32.9 Å². The number of sulfone groups is 1. The number of aliphatic hydroxyl groups is 1. The SMILES string of the molecule is CS(=O)(=O)c1cccc(N2CC[C@](O)(C(=O)CCc3cc(F)cc(Cl)c3)C2=O)c1. The van der Waals surface area contributed by atoms with Crippen molar-refractivity contribution in [1.29, 1.82) is 0 Å². The molecule has 3 rings (SSSR count). The molecule has 154 valence electrons. The van der Waals surface area contributed by atoms with Crippen LogP contribution >= 0.6 is 11.6 Å². The highest BCUT2D eigenvalue weighted by Crippen LogP contribution is 2.31. The van der Waals surface area contributed by atoms with Crippen molar-refractivity contribution >= 4 is 38.8 Å². The van der Waals surface area contributed by atoms with E-state index in [0.717, 1.165) is 12.3 Å². The van der Waals surface area contributed by atoms with Gasteiger partial charge in [-0.3, -0.25) is 9.59 Å². The summed E-state index contributed by atoms with van der Waals surface area (Å²) in [6.07, 6.45) is 0.892. The third-order valence-electron chi connectivity index (χ3n) is 4.88. The lowest BCUT2D eigenvalue weighted by Gasteiger charge is -2.21. The molecule has 0 saturated carbocycles. The van der Waals surface area contributed by atoms with Gasteiger partial charge < -0.3 is 10.0 Å². The van der Waals surface area contributed by atoms with E-state index in [2.05, 4.69) is 0 Å². The number of Topliss-reactive ketones (excluding diaryl/α,β-unsaturated/α-hetero) is 1. The molecule has 0 unspecified atom stereocenters. The highest BCUT2D eigenvalue weighted by atomic mass is 35.5. The smallest absolute Gasteiger partial charge is 0.266 e. The standard InChI is InChI=1S/C20H19ClFNO5S/c1-29(27,28)17-4-2-3-16(12-17)23-8-7-20(26,19(23)25)18(24)6-5-13-9-14(21)11-15(22)10-13/h2-4,9-12,26H,5-8H2,1H3/t20-/m0/s1. The van der Waals surface area contributed by atoms with Crippen molar-refractivity contribution < 1.29 is 27.5 Å². The van der Waals surface area contributed by atoms with Gasteiger partial charge in [-0.2, -0.15) is 0 Å². The summed E-state index contributed by atoms with van der Waals surface area (Å²) in [7, 11) is -3.47. The molecule has 9 heteroatoms. The van der Waals surface area contributed by atoms with Crippen LogP contribution < -0.4 is 4.90 Å². The zero-order valence-corrected chi connectivity index (χ0v) is 17.1. The van der Waals surface area contributed by atoms with Crippen molar-refractivity contribution in [1.82, 2.24) is 0 Å². The highest BCUT2D eigenvalue weighted by Gasteiger charge is 2.50. The molecule has 0 radical (unpaired) electrons. The molecule has 1 fully saturated rings. The van der Waals surface area contributed by atoms with Crippen LogP contribution in [0.15, 0.2) is 47.4 Å². The van der Waals surface area contributed by atoms with Crippen molar-refractivity contribution in [2.24, 2.45) is 0 Å². The van der Waals surface area contributed by atoms with Crippen molar-refractivity contribution in [3.63, 3.8) is 0 Å². The van der Waals surface area contributed by atoms with Crippen molar-refractivity contribution in [2.75, 3.05) is 17.7 Å². The molecule has 2 aromatic rings. The molecule has 0 bridgehead atoms. The molecule has 6 nitrogen and oxygen atoms in total. The molecule has 1 N–H and O–H groups in total. The van der Waals surface area contributed by atoms with Gasteiger partial charge in [0.15, 0.2) is 15.6 Å². The van der Waals surface area contributed by atoms with Crippen molar-refractivity contribution in [2.45, 2.75) is 29.8 Å². The van der Waals surface area contributed by atoms with E-state index in [9.17, 15) is 27.5 Å². The lowest BCUT2D eigenvalue weighted by Crippen LogP contribution is -2.47. The average molecular weight is 440 g/mol. The summed E-state index contributed by atoms with van der Waals surface area (Å²) >= 11 is 5.80. The second kappa shape index (κ2) is 7.85. The fourth-order valence-electron chi connectivity index (χ4n) is 3.31. The number of carbonyl (C=O) groups excluding carboxylic acids is 2. The lowest BCUT2D eigenvalue weighted by molar-refractivity contribution is -0.147. The number of rotatable bonds is 6. The first-order chi connectivity index (χ1) is 13.5. The summed E-state index contributed by atoms with van der Waals surface area (Å²) < 4.78 is 36.9. The molecule has 1 heterocycles. The minimum Gasteiger partial charge on any atom is -0.373 e. The quantitative estimate of drug-likeness (QED) is 0.698. The van der Waals surface area contributed by atoms with E-state index in [1.54, 1.807) is 0 Å². The van der Waals surface area contributed by atoms with Gasteiger partial charge in [-0.05, 0) is 48.4 Å². The van der Waals surface area contributed by atoms with Crippen LogP contribution in [0.2, 0.25) is 5.02 Å². The maximum atomic E-state index is 13.4. The first kappa shape index (κ1) is 21.4. The van der Waals surface area contributed by atoms with Crippen molar-refractivity contribution in [3.05, 3.63) is 58.9 Å². The molecular weight excluding hydrogens is 421 g/mol. The Morgan fingerprint density at radius 3 is 2.66 bits per heavy atom. The van der Waals surface area contributed by atoms with Gasteiger partial charge in [-0.25, -0.2) is 12.8 Å². The Hall–Kier alpha value is -2.29. The molecule has 0 aliphatic carbocycles. The van der Waals surface area contributed by atoms with Gasteiger partial charge in [0.2, 0.25) is 5.60 Å². The average Bonchev–Trinajstić information content (AvgIpc) is 2.94. The molecule has 1 saturated heterocycles. The van der Waals surface area contributed by atoms with Crippen LogP contribution in [-0.2, 0) is 25.8 Å². The zero-order valence-electron chi connectivity index (χ0n) is 15.6. The van der Waals surface area contributed by atoms with Gasteiger partial charge >= 0.3 is 0 Å². The lowest BCUT2D eigenvalue weighted by atomic mass is 9.92. The Balaban J connectivity index is 1.76. The fourth-order valence-corrected chi connectivity index (χ4v) is 4.22. The second-order valence-electron chi connectivity index (χ2n) is 7.04. The van der Waals surface area contributed by atoms with E-state index in [1.165, 1.54) is 41.3 Å². The van der Waals surface area contributed by atoms with E-state index in [-0.39, 0.29) is 35.7 Å². The molecule has 0 aromatic heterocycles. The number of halogens is 2. The number of anilines is 1. The van der Waals surface area contributed by atoms with E-state index in [1.807, 2.05) is 0 Å². The highest BCUT2D eigenvalue weighted by molar-refractivity contribution is 7.90. The normalized spacial score (nSPS) is 19.6. The van der Waals surface area contributed by atoms with Crippen LogP contribution in [0.1, 0.15) is 18.4 Å². The first-order valence-corrected chi connectivity index (χ1v) is 11.1. The van der Waals surface area contributed by atoms with Crippen molar-refractivity contribution in [3.8, 4) is 0 Å². The van der Waals surface area contributed by atoms with Crippen LogP contribution in [0.4, 0.5) is 10.1 Å². The predicted molar refractivity (Wildman–Crippen MR) is 106 cm³/mol. The summed E-state index contributed by atoms with van der Waals surface area (Å²) in [5, 5.41) is 10.9. The summed E-state index contributed by atoms with van der Waals surface area (Å²) in [5.41, 5.74) is -1.42. The third kappa shape index (κ3) is 4.49. The van der Waals surface area contributed by atoms with Gasteiger partial charge in [-0.15, -0.1) is 0 Å². The summed E-state index contributed by atoms with van der Waals surface area (Å²) in [6.45, 7) is 0.0695. The number of hydrogen-bond acceptors (Lipinski definition) is 5. The topological polar surface area (TPSA) is 91.8 Å². The number of benzene rings is 2. The monoisotopic (exact) mass is 439 g/mol. The second-order valence-corrected chi connectivity index (χ2v) is 9.49. The van der Waals surface area contributed by atoms with Crippen LogP contribution in [0.25, 0.3) is 0 Å². The van der Waals surface area contributed by atoms with E-state index in [0.29, 0.717) is 11.3 Å². The fraction of sp³-hybridized carbons (Fsp3) is 0.300. The van der Waals surface area contributed by atoms with Crippen LogP contribution in [-0.4, -0.2) is 43.6 Å². The Kier molecular flexibility index (Phi) is 5.80. The number of nitrogens with zero attached hydrogens (tertiary/aromatic N) is 1. The van der Waals surface area contributed by atoms with Gasteiger partial charge in [0, 0.05) is 36.4 Å². The molecule has 2 aromatic carbocycles. The molecule has 29 heavy (non-hydrogen) atoms. The van der Waals surface area contributed by atoms with Crippen LogP contribution in [0.3, 0.4) is 0 Å². The van der Waals surface area contributed by atoms with Crippen LogP contribution in [0, 0.1) is 5.82 Å². The maximum absolute atomic E-state index is 13.4. The zero-order chi connectivity index (χ0) is 21.4. The number of amides is 1. The van der Waals surface area contributed by atoms with E-state index in [4.69, 9.17) is 11.6 Å². The minimum absolute atomic E-state index is 0.0348. The van der Waals surface area contributed by atoms with Gasteiger partial charge in [0.05, 0.1) is 4.90 Å². The van der Waals surface area contributed by atoms with Gasteiger partial charge in [-0.1, -0.05) is 17.7 Å². The number of aryl methyl sites for hydroxylation is 1. The maximum Gasteiger partial charge on any atom is 0.266 e. The first-order valence-electron chi connectivity index (χ1n) is 8.83. The van der Waals surface area contributed by atoms with E-state index >= 15 is 0 Å². The molecule has 0 spiro atoms.